The molecule has 0 radical (unpaired) electrons. The zero-order valence-corrected chi connectivity index (χ0v) is 11.8. The first kappa shape index (κ1) is 15.4. The van der Waals surface area contributed by atoms with E-state index < -0.39 is 0 Å². The maximum Gasteiger partial charge on any atom is 0.127 e. The Bertz CT molecular complexity index is 349. The Kier molecular flexibility index (Phi) is 6.61. The highest BCUT2D eigenvalue weighted by Crippen LogP contribution is 2.21. The van der Waals surface area contributed by atoms with E-state index in [1.165, 1.54) is 6.07 Å². The van der Waals surface area contributed by atoms with Crippen molar-refractivity contribution in [2.45, 2.75) is 45.6 Å². The Morgan fingerprint density at radius 1 is 1.33 bits per heavy atom. The minimum atomic E-state index is -0.258. The lowest BCUT2D eigenvalue weighted by molar-refractivity contribution is 0.436. The molecule has 0 bridgehead atoms. The van der Waals surface area contributed by atoms with Crippen LogP contribution in [0.5, 0.6) is 0 Å². The predicted octanol–water partition coefficient (Wildman–Crippen LogP) is 3.68. The molecule has 0 spiro atoms. The summed E-state index contributed by atoms with van der Waals surface area (Å²) >= 11 is 6.01. The molecule has 0 amide bonds. The van der Waals surface area contributed by atoms with Crippen LogP contribution in [0.1, 0.15) is 38.7 Å². The first-order valence-electron chi connectivity index (χ1n) is 6.43. The number of halogens is 2. The van der Waals surface area contributed by atoms with Crippen molar-refractivity contribution < 1.29 is 4.39 Å². The van der Waals surface area contributed by atoms with Crippen LogP contribution in [0.3, 0.4) is 0 Å². The summed E-state index contributed by atoms with van der Waals surface area (Å²) in [5, 5.41) is 0.471. The van der Waals surface area contributed by atoms with Gasteiger partial charge in [-0.2, -0.15) is 0 Å². The molecular formula is C14H22ClFN2. The Labute approximate surface area is 114 Å². The van der Waals surface area contributed by atoms with E-state index >= 15 is 0 Å². The molecule has 1 aromatic carbocycles. The van der Waals surface area contributed by atoms with Crippen molar-refractivity contribution >= 4 is 11.6 Å². The van der Waals surface area contributed by atoms with Crippen molar-refractivity contribution in [3.8, 4) is 0 Å². The molecule has 2 nitrogen and oxygen atoms in total. The summed E-state index contributed by atoms with van der Waals surface area (Å²) in [6.45, 7) is 4.39. The third kappa shape index (κ3) is 4.92. The van der Waals surface area contributed by atoms with Gasteiger partial charge in [-0.1, -0.05) is 44.4 Å². The first-order valence-corrected chi connectivity index (χ1v) is 6.81. The number of rotatable bonds is 7. The molecular weight excluding hydrogens is 251 g/mol. The van der Waals surface area contributed by atoms with Gasteiger partial charge in [0, 0.05) is 16.6 Å². The monoisotopic (exact) mass is 272 g/mol. The molecule has 0 saturated carbocycles. The molecule has 0 fully saturated rings. The van der Waals surface area contributed by atoms with E-state index in [9.17, 15) is 4.39 Å². The minimum absolute atomic E-state index is 0.0677. The Morgan fingerprint density at radius 2 is 2.06 bits per heavy atom. The van der Waals surface area contributed by atoms with Crippen LogP contribution in [0.15, 0.2) is 18.2 Å². The van der Waals surface area contributed by atoms with Gasteiger partial charge >= 0.3 is 0 Å². The summed E-state index contributed by atoms with van der Waals surface area (Å²) in [6.07, 6.45) is 3.70. The maximum atomic E-state index is 13.6. The lowest BCUT2D eigenvalue weighted by atomic mass is 9.98. The van der Waals surface area contributed by atoms with Crippen molar-refractivity contribution in [1.29, 1.82) is 0 Å². The van der Waals surface area contributed by atoms with Crippen LogP contribution in [0.2, 0.25) is 5.02 Å². The standard InChI is InChI=1S/C14H22ClFN2/c1-10(2)5-3-6-11(18-17)9-12-13(15)7-4-8-14(12)16/h4,7-8,10-11,18H,3,5-6,9,17H2,1-2H3. The van der Waals surface area contributed by atoms with Crippen LogP contribution in [-0.2, 0) is 6.42 Å². The van der Waals surface area contributed by atoms with Gasteiger partial charge in [0.15, 0.2) is 0 Å². The molecule has 0 saturated heterocycles. The van der Waals surface area contributed by atoms with Crippen LogP contribution >= 0.6 is 11.6 Å². The summed E-state index contributed by atoms with van der Waals surface area (Å²) in [5.41, 5.74) is 3.30. The molecule has 1 unspecified atom stereocenters. The van der Waals surface area contributed by atoms with Crippen LogP contribution in [-0.4, -0.2) is 6.04 Å². The second kappa shape index (κ2) is 7.72. The van der Waals surface area contributed by atoms with Crippen LogP contribution in [0, 0.1) is 11.7 Å². The number of nitrogens with two attached hydrogens (primary N) is 1. The predicted molar refractivity (Wildman–Crippen MR) is 74.9 cm³/mol. The SMILES string of the molecule is CC(C)CCCC(Cc1c(F)cccc1Cl)NN. The van der Waals surface area contributed by atoms with E-state index in [1.807, 2.05) is 0 Å². The van der Waals surface area contributed by atoms with E-state index in [1.54, 1.807) is 12.1 Å². The first-order chi connectivity index (χ1) is 8.54. The molecule has 18 heavy (non-hydrogen) atoms. The summed E-state index contributed by atoms with van der Waals surface area (Å²) in [7, 11) is 0. The van der Waals surface area contributed by atoms with Gasteiger partial charge < -0.3 is 0 Å². The van der Waals surface area contributed by atoms with Gasteiger partial charge in [-0.05, 0) is 30.9 Å². The van der Waals surface area contributed by atoms with E-state index in [2.05, 4.69) is 19.3 Å². The van der Waals surface area contributed by atoms with Crippen molar-refractivity contribution in [3.05, 3.63) is 34.6 Å². The highest BCUT2D eigenvalue weighted by molar-refractivity contribution is 6.31. The van der Waals surface area contributed by atoms with Gasteiger partial charge in [-0.3, -0.25) is 11.3 Å². The lowest BCUT2D eigenvalue weighted by Gasteiger charge is -2.17. The number of hydrazine groups is 1. The summed E-state index contributed by atoms with van der Waals surface area (Å²) in [6, 6.07) is 4.83. The average Bonchev–Trinajstić information content (AvgIpc) is 2.31. The fourth-order valence-corrected chi connectivity index (χ4v) is 2.23. The van der Waals surface area contributed by atoms with Crippen LogP contribution in [0.25, 0.3) is 0 Å². The maximum absolute atomic E-state index is 13.6. The topological polar surface area (TPSA) is 38.0 Å². The quantitative estimate of drug-likeness (QED) is 0.587. The Balaban J connectivity index is 2.57. The molecule has 3 N–H and O–H groups in total. The van der Waals surface area contributed by atoms with Gasteiger partial charge in [0.25, 0.3) is 0 Å². The van der Waals surface area contributed by atoms with Crippen molar-refractivity contribution in [2.75, 3.05) is 0 Å². The van der Waals surface area contributed by atoms with Crippen LogP contribution in [0.4, 0.5) is 4.39 Å². The highest BCUT2D eigenvalue weighted by Gasteiger charge is 2.13. The highest BCUT2D eigenvalue weighted by atomic mass is 35.5. The van der Waals surface area contributed by atoms with Gasteiger partial charge in [0.1, 0.15) is 5.82 Å². The van der Waals surface area contributed by atoms with E-state index in [0.29, 0.717) is 22.9 Å². The fourth-order valence-electron chi connectivity index (χ4n) is 1.99. The normalized spacial score (nSPS) is 13.0. The Hall–Kier alpha value is -0.640. The third-order valence-corrected chi connectivity index (χ3v) is 3.44. The Morgan fingerprint density at radius 3 is 2.61 bits per heavy atom. The summed E-state index contributed by atoms with van der Waals surface area (Å²) in [4.78, 5) is 0. The van der Waals surface area contributed by atoms with E-state index in [4.69, 9.17) is 17.4 Å². The second-order valence-electron chi connectivity index (χ2n) is 5.09. The minimum Gasteiger partial charge on any atom is -0.271 e. The molecule has 1 aromatic rings. The van der Waals surface area contributed by atoms with Gasteiger partial charge in [-0.25, -0.2) is 4.39 Å². The average molecular weight is 273 g/mol. The zero-order chi connectivity index (χ0) is 13.5. The van der Waals surface area contributed by atoms with Crippen molar-refractivity contribution in [2.24, 2.45) is 11.8 Å². The third-order valence-electron chi connectivity index (χ3n) is 3.08. The van der Waals surface area contributed by atoms with Gasteiger partial charge in [0.2, 0.25) is 0 Å². The molecule has 4 heteroatoms. The van der Waals surface area contributed by atoms with E-state index in [0.717, 1.165) is 19.3 Å². The number of hydrogen-bond donors (Lipinski definition) is 2. The number of hydrogen-bond acceptors (Lipinski definition) is 2. The number of benzene rings is 1. The lowest BCUT2D eigenvalue weighted by Crippen LogP contribution is -2.37. The molecule has 102 valence electrons. The fraction of sp³-hybridized carbons (Fsp3) is 0.571. The van der Waals surface area contributed by atoms with Crippen molar-refractivity contribution in [1.82, 2.24) is 5.43 Å². The largest absolute Gasteiger partial charge is 0.271 e. The molecule has 0 aliphatic rings. The molecule has 0 aliphatic heterocycles. The molecule has 1 rings (SSSR count). The van der Waals surface area contributed by atoms with E-state index in [-0.39, 0.29) is 11.9 Å². The van der Waals surface area contributed by atoms with Crippen molar-refractivity contribution in [3.63, 3.8) is 0 Å². The second-order valence-corrected chi connectivity index (χ2v) is 5.50. The molecule has 0 aromatic heterocycles. The molecule has 1 atom stereocenters. The summed E-state index contributed by atoms with van der Waals surface area (Å²) < 4.78 is 13.6. The number of nitrogens with one attached hydrogen (secondary N) is 1. The smallest absolute Gasteiger partial charge is 0.127 e. The zero-order valence-electron chi connectivity index (χ0n) is 11.0. The van der Waals surface area contributed by atoms with Crippen LogP contribution < -0.4 is 11.3 Å². The molecule has 0 heterocycles. The van der Waals surface area contributed by atoms with Gasteiger partial charge in [-0.15, -0.1) is 0 Å². The van der Waals surface area contributed by atoms with Gasteiger partial charge in [0.05, 0.1) is 0 Å². The summed E-state index contributed by atoms with van der Waals surface area (Å²) in [5.74, 6) is 5.95. The molecule has 0 aliphatic carbocycles.